The van der Waals surface area contributed by atoms with Gasteiger partial charge in [0.15, 0.2) is 0 Å². The molecule has 2 N–H and O–H groups in total. The van der Waals surface area contributed by atoms with Crippen molar-refractivity contribution in [1.29, 1.82) is 0 Å². The molecule has 1 aromatic rings. The van der Waals surface area contributed by atoms with Crippen LogP contribution in [0.25, 0.3) is 0 Å². The van der Waals surface area contributed by atoms with E-state index in [-0.39, 0.29) is 6.03 Å². The van der Waals surface area contributed by atoms with E-state index in [9.17, 15) is 14.7 Å². The number of carboxylic acids is 1. The van der Waals surface area contributed by atoms with Crippen molar-refractivity contribution in [3.63, 3.8) is 0 Å². The smallest absolute Gasteiger partial charge is 0.326 e. The van der Waals surface area contributed by atoms with Gasteiger partial charge in [-0.25, -0.2) is 9.59 Å². The quantitative estimate of drug-likeness (QED) is 0.898. The summed E-state index contributed by atoms with van der Waals surface area (Å²) >= 11 is 0. The molecule has 5 heteroatoms. The van der Waals surface area contributed by atoms with E-state index >= 15 is 0 Å². The lowest BCUT2D eigenvalue weighted by atomic mass is 9.89. The van der Waals surface area contributed by atoms with E-state index < -0.39 is 12.0 Å². The first-order valence-corrected chi connectivity index (χ1v) is 7.38. The maximum Gasteiger partial charge on any atom is 0.326 e. The third-order valence-electron chi connectivity index (χ3n) is 4.10. The lowest BCUT2D eigenvalue weighted by Gasteiger charge is -2.36. The molecular weight excluding hydrogens is 268 g/mol. The number of carbonyl (C=O) groups excluding carboxylic acids is 1. The van der Waals surface area contributed by atoms with Crippen LogP contribution >= 0.6 is 0 Å². The van der Waals surface area contributed by atoms with E-state index in [4.69, 9.17) is 0 Å². The Bertz CT molecular complexity index is 530. The van der Waals surface area contributed by atoms with Gasteiger partial charge in [-0.05, 0) is 43.4 Å². The zero-order chi connectivity index (χ0) is 15.4. The molecule has 0 aromatic heterocycles. The van der Waals surface area contributed by atoms with Gasteiger partial charge in [0, 0.05) is 12.2 Å². The first-order valence-electron chi connectivity index (χ1n) is 7.38. The number of benzene rings is 1. The second-order valence-corrected chi connectivity index (χ2v) is 5.65. The number of likely N-dealkylation sites (tertiary alicyclic amines) is 1. The lowest BCUT2D eigenvalue weighted by Crippen LogP contribution is -2.51. The summed E-state index contributed by atoms with van der Waals surface area (Å²) in [6, 6.07) is 6.42. The zero-order valence-corrected chi connectivity index (χ0v) is 12.5. The third kappa shape index (κ3) is 3.74. The summed E-state index contributed by atoms with van der Waals surface area (Å²) < 4.78 is 0. The fourth-order valence-corrected chi connectivity index (χ4v) is 2.80. The van der Waals surface area contributed by atoms with Crippen LogP contribution in [0.4, 0.5) is 10.5 Å². The monoisotopic (exact) mass is 290 g/mol. The molecule has 2 amide bonds. The second kappa shape index (κ2) is 6.61. The molecule has 1 heterocycles. The van der Waals surface area contributed by atoms with Gasteiger partial charge in [0.1, 0.15) is 6.04 Å². The summed E-state index contributed by atoms with van der Waals surface area (Å²) in [6.07, 6.45) is 2.35. The number of hydrogen-bond donors (Lipinski definition) is 2. The highest BCUT2D eigenvalue weighted by molar-refractivity contribution is 5.92. The second-order valence-electron chi connectivity index (χ2n) is 5.65. The maximum absolute atomic E-state index is 12.3. The molecule has 0 bridgehead atoms. The average molecular weight is 290 g/mol. The highest BCUT2D eigenvalue weighted by Gasteiger charge is 2.35. The van der Waals surface area contributed by atoms with Gasteiger partial charge in [-0.15, -0.1) is 0 Å². The molecule has 21 heavy (non-hydrogen) atoms. The van der Waals surface area contributed by atoms with Crippen molar-refractivity contribution in [1.82, 2.24) is 4.90 Å². The molecule has 1 fully saturated rings. The number of rotatable bonds is 3. The first-order chi connectivity index (χ1) is 10.0. The predicted octanol–water partition coefficient (Wildman–Crippen LogP) is 3.10. The minimum atomic E-state index is -0.924. The molecule has 2 unspecified atom stereocenters. The molecule has 0 saturated carbocycles. The van der Waals surface area contributed by atoms with Crippen LogP contribution in [-0.2, 0) is 4.79 Å². The molecular formula is C16H22N2O3. The molecule has 0 aliphatic carbocycles. The van der Waals surface area contributed by atoms with Crippen LogP contribution in [0.3, 0.4) is 0 Å². The summed E-state index contributed by atoms with van der Waals surface area (Å²) in [6.45, 7) is 4.50. The fourth-order valence-electron chi connectivity index (χ4n) is 2.80. The topological polar surface area (TPSA) is 69.6 Å². The minimum absolute atomic E-state index is 0.331. The number of anilines is 1. The van der Waals surface area contributed by atoms with Crippen molar-refractivity contribution in [2.24, 2.45) is 5.92 Å². The Labute approximate surface area is 125 Å². The molecule has 2 atom stereocenters. The van der Waals surface area contributed by atoms with Crippen LogP contribution in [0.2, 0.25) is 0 Å². The van der Waals surface area contributed by atoms with Gasteiger partial charge in [-0.1, -0.05) is 25.5 Å². The third-order valence-corrected chi connectivity index (χ3v) is 4.10. The Morgan fingerprint density at radius 1 is 1.43 bits per heavy atom. The number of aliphatic carboxylic acids is 1. The van der Waals surface area contributed by atoms with Crippen molar-refractivity contribution in [3.05, 3.63) is 29.8 Å². The molecule has 2 rings (SSSR count). The van der Waals surface area contributed by atoms with Crippen LogP contribution in [0.5, 0.6) is 0 Å². The average Bonchev–Trinajstić information content (AvgIpc) is 2.46. The Kier molecular flexibility index (Phi) is 4.83. The SMILES string of the molecule is CCC1CCN(C(=O)Nc2cccc(C)c2)C(C(=O)O)C1. The highest BCUT2D eigenvalue weighted by Crippen LogP contribution is 2.26. The maximum atomic E-state index is 12.3. The molecule has 1 aliphatic rings. The van der Waals surface area contributed by atoms with Crippen LogP contribution in [-0.4, -0.2) is 34.6 Å². The number of nitrogens with zero attached hydrogens (tertiary/aromatic N) is 1. The summed E-state index contributed by atoms with van der Waals surface area (Å²) in [7, 11) is 0. The molecule has 5 nitrogen and oxygen atoms in total. The molecule has 1 aliphatic heterocycles. The van der Waals surface area contributed by atoms with Crippen LogP contribution < -0.4 is 5.32 Å². The summed E-state index contributed by atoms with van der Waals surface area (Å²) in [4.78, 5) is 25.2. The van der Waals surface area contributed by atoms with E-state index in [2.05, 4.69) is 12.2 Å². The van der Waals surface area contributed by atoms with Crippen molar-refractivity contribution in [2.45, 2.75) is 39.2 Å². The summed E-state index contributed by atoms with van der Waals surface area (Å²) in [5.74, 6) is -0.540. The number of nitrogens with one attached hydrogen (secondary N) is 1. The number of hydrogen-bond acceptors (Lipinski definition) is 2. The van der Waals surface area contributed by atoms with Crippen molar-refractivity contribution < 1.29 is 14.7 Å². The molecule has 0 spiro atoms. The van der Waals surface area contributed by atoms with Crippen molar-refractivity contribution in [3.8, 4) is 0 Å². The molecule has 1 aromatic carbocycles. The van der Waals surface area contributed by atoms with Crippen molar-refractivity contribution >= 4 is 17.7 Å². The summed E-state index contributed by atoms with van der Waals surface area (Å²) in [5.41, 5.74) is 1.74. The van der Waals surface area contributed by atoms with Crippen LogP contribution in [0.1, 0.15) is 31.7 Å². The van der Waals surface area contributed by atoms with E-state index in [0.29, 0.717) is 24.6 Å². The standard InChI is InChI=1S/C16H22N2O3/c1-3-12-7-8-18(14(10-12)15(19)20)16(21)17-13-6-4-5-11(2)9-13/h4-6,9,12,14H,3,7-8,10H2,1-2H3,(H,17,21)(H,19,20). The van der Waals surface area contributed by atoms with E-state index in [1.807, 2.05) is 25.1 Å². The number of carboxylic acid groups (broad SMARTS) is 1. The number of urea groups is 1. The van der Waals surface area contributed by atoms with Gasteiger partial charge in [-0.3, -0.25) is 0 Å². The molecule has 1 saturated heterocycles. The highest BCUT2D eigenvalue weighted by atomic mass is 16.4. The van der Waals surface area contributed by atoms with Gasteiger partial charge >= 0.3 is 12.0 Å². The van der Waals surface area contributed by atoms with Gasteiger partial charge in [0.25, 0.3) is 0 Å². The summed E-state index contributed by atoms with van der Waals surface area (Å²) in [5, 5.41) is 12.2. The van der Waals surface area contributed by atoms with E-state index in [0.717, 1.165) is 18.4 Å². The largest absolute Gasteiger partial charge is 0.480 e. The number of piperidine rings is 1. The Morgan fingerprint density at radius 3 is 2.81 bits per heavy atom. The zero-order valence-electron chi connectivity index (χ0n) is 12.5. The van der Waals surface area contributed by atoms with Gasteiger partial charge in [-0.2, -0.15) is 0 Å². The minimum Gasteiger partial charge on any atom is -0.480 e. The normalized spacial score (nSPS) is 21.9. The van der Waals surface area contributed by atoms with Crippen molar-refractivity contribution in [2.75, 3.05) is 11.9 Å². The van der Waals surface area contributed by atoms with E-state index in [1.54, 1.807) is 6.07 Å². The Morgan fingerprint density at radius 2 is 2.19 bits per heavy atom. The van der Waals surface area contributed by atoms with Crippen LogP contribution in [0, 0.1) is 12.8 Å². The Hall–Kier alpha value is -2.04. The van der Waals surface area contributed by atoms with Gasteiger partial charge in [0.05, 0.1) is 0 Å². The lowest BCUT2D eigenvalue weighted by molar-refractivity contribution is -0.143. The molecule has 114 valence electrons. The van der Waals surface area contributed by atoms with Crippen LogP contribution in [0.15, 0.2) is 24.3 Å². The molecule has 0 radical (unpaired) electrons. The fraction of sp³-hybridized carbons (Fsp3) is 0.500. The van der Waals surface area contributed by atoms with Gasteiger partial charge < -0.3 is 15.3 Å². The number of carbonyl (C=O) groups is 2. The van der Waals surface area contributed by atoms with Gasteiger partial charge in [0.2, 0.25) is 0 Å². The first kappa shape index (κ1) is 15.4. The Balaban J connectivity index is 2.08. The predicted molar refractivity (Wildman–Crippen MR) is 81.3 cm³/mol. The van der Waals surface area contributed by atoms with E-state index in [1.165, 1.54) is 4.90 Å². The number of aryl methyl sites for hydroxylation is 1. The number of amides is 2.